The highest BCUT2D eigenvalue weighted by Gasteiger charge is 2.49. The Morgan fingerprint density at radius 1 is 1.21 bits per heavy atom. The summed E-state index contributed by atoms with van der Waals surface area (Å²) in [5.41, 5.74) is 3.12. The van der Waals surface area contributed by atoms with E-state index in [1.807, 2.05) is 50.3 Å². The molecule has 1 saturated heterocycles. The Bertz CT molecular complexity index is 970. The monoisotopic (exact) mass is 394 g/mol. The minimum absolute atomic E-state index is 0.230. The number of aromatic nitrogens is 2. The predicted molar refractivity (Wildman–Crippen MR) is 108 cm³/mol. The fraction of sp³-hybridized carbons (Fsp3) is 0.435. The van der Waals surface area contributed by atoms with E-state index in [0.717, 1.165) is 16.8 Å². The van der Waals surface area contributed by atoms with Crippen molar-refractivity contribution in [3.63, 3.8) is 0 Å². The number of Topliss-reactive ketones (excluding diaryl/α,β-unsaturated/α-hetero) is 2. The van der Waals surface area contributed by atoms with Crippen LogP contribution in [0.4, 0.5) is 0 Å². The highest BCUT2D eigenvalue weighted by Crippen LogP contribution is 2.40. The molecule has 0 radical (unpaired) electrons. The molecule has 29 heavy (non-hydrogen) atoms. The first-order valence-corrected chi connectivity index (χ1v) is 9.97. The van der Waals surface area contributed by atoms with Gasteiger partial charge in [-0.15, -0.1) is 0 Å². The predicted octanol–water partition coefficient (Wildman–Crippen LogP) is 4.04. The number of nitrogens with one attached hydrogen (secondary N) is 1. The lowest BCUT2D eigenvalue weighted by Crippen LogP contribution is -2.39. The van der Waals surface area contributed by atoms with Gasteiger partial charge in [-0.3, -0.25) is 9.59 Å². The summed E-state index contributed by atoms with van der Waals surface area (Å²) in [4.78, 5) is 34.1. The Morgan fingerprint density at radius 3 is 2.62 bits per heavy atom. The number of nitrogens with zero attached hydrogens (tertiary/aromatic N) is 1. The van der Waals surface area contributed by atoms with E-state index in [1.165, 1.54) is 0 Å². The summed E-state index contributed by atoms with van der Waals surface area (Å²) in [7, 11) is 0. The third-order valence-electron chi connectivity index (χ3n) is 5.30. The van der Waals surface area contributed by atoms with E-state index in [4.69, 9.17) is 9.47 Å². The molecule has 0 amide bonds. The zero-order valence-electron chi connectivity index (χ0n) is 17.2. The summed E-state index contributed by atoms with van der Waals surface area (Å²) in [6.07, 6.45) is 1.59. The number of aromatic amines is 1. The molecule has 152 valence electrons. The first-order valence-electron chi connectivity index (χ1n) is 9.97. The van der Waals surface area contributed by atoms with Gasteiger partial charge >= 0.3 is 0 Å². The number of carbonyl (C=O) groups is 2. The lowest BCUT2D eigenvalue weighted by molar-refractivity contribution is -0.156. The van der Waals surface area contributed by atoms with Crippen LogP contribution in [0.2, 0.25) is 0 Å². The van der Waals surface area contributed by atoms with Crippen LogP contribution in [0.25, 0.3) is 6.08 Å². The molecular weight excluding hydrogens is 368 g/mol. The van der Waals surface area contributed by atoms with E-state index in [1.54, 1.807) is 13.8 Å². The van der Waals surface area contributed by atoms with Gasteiger partial charge in [0.25, 0.3) is 0 Å². The summed E-state index contributed by atoms with van der Waals surface area (Å²) >= 11 is 0. The second kappa shape index (κ2) is 7.35. The quantitative estimate of drug-likeness (QED) is 0.792. The van der Waals surface area contributed by atoms with Crippen LogP contribution in [0, 0.1) is 5.92 Å². The number of hydrogen-bond acceptors (Lipinski definition) is 5. The normalized spacial score (nSPS) is 25.5. The number of benzene rings is 1. The third-order valence-corrected chi connectivity index (χ3v) is 5.30. The summed E-state index contributed by atoms with van der Waals surface area (Å²) in [5.74, 6) is -1.47. The lowest BCUT2D eigenvalue weighted by Gasteiger charge is -2.23. The molecule has 6 nitrogen and oxygen atoms in total. The van der Waals surface area contributed by atoms with Crippen molar-refractivity contribution >= 4 is 17.6 Å². The molecule has 2 aliphatic rings. The minimum atomic E-state index is -0.896. The van der Waals surface area contributed by atoms with Gasteiger partial charge in [0.1, 0.15) is 17.6 Å². The molecule has 1 fully saturated rings. The molecule has 6 heteroatoms. The van der Waals surface area contributed by atoms with Crippen LogP contribution < -0.4 is 0 Å². The standard InChI is InChI=1S/C23H26N2O4/c1-13(2)12-17-24-16-11-10-15(19(26)18(16)25-17)20(27)22-21(28-23(3,4)29-22)14-8-6-5-7-9-14/h5-9,12,15,21-22H,10-11H2,1-4H3,(H,24,25)/t15?,21-,22-/m0/s1. The second-order valence-electron chi connectivity index (χ2n) is 8.42. The Kier molecular flexibility index (Phi) is 5.00. The number of carbonyl (C=O) groups excluding carboxylic acids is 2. The maximum absolute atomic E-state index is 13.4. The first-order chi connectivity index (χ1) is 13.7. The minimum Gasteiger partial charge on any atom is -0.342 e. The molecule has 1 aliphatic carbocycles. The van der Waals surface area contributed by atoms with Crippen molar-refractivity contribution in [2.45, 2.75) is 58.5 Å². The van der Waals surface area contributed by atoms with Gasteiger partial charge in [-0.1, -0.05) is 35.9 Å². The van der Waals surface area contributed by atoms with Crippen LogP contribution >= 0.6 is 0 Å². The van der Waals surface area contributed by atoms with Gasteiger partial charge in [-0.05, 0) is 52.2 Å². The van der Waals surface area contributed by atoms with E-state index >= 15 is 0 Å². The van der Waals surface area contributed by atoms with Gasteiger partial charge in [0.2, 0.25) is 0 Å². The van der Waals surface area contributed by atoms with Crippen molar-refractivity contribution in [1.82, 2.24) is 9.97 Å². The number of imidazole rings is 1. The van der Waals surface area contributed by atoms with Crippen molar-refractivity contribution in [1.29, 1.82) is 0 Å². The molecule has 1 unspecified atom stereocenters. The Morgan fingerprint density at radius 2 is 1.93 bits per heavy atom. The van der Waals surface area contributed by atoms with Gasteiger partial charge in [-0.2, -0.15) is 0 Å². The first kappa shape index (κ1) is 19.7. The SMILES string of the molecule is CC(C)=Cc1nc2c([nH]1)CCC(C(=O)[C@@H]1OC(C)(C)O[C@H]1c1ccccc1)C2=O. The van der Waals surface area contributed by atoms with E-state index in [2.05, 4.69) is 9.97 Å². The largest absolute Gasteiger partial charge is 0.342 e. The molecule has 3 atom stereocenters. The summed E-state index contributed by atoms with van der Waals surface area (Å²) in [6, 6.07) is 9.54. The van der Waals surface area contributed by atoms with Crippen LogP contribution in [0.1, 0.15) is 67.8 Å². The van der Waals surface area contributed by atoms with Gasteiger partial charge < -0.3 is 14.5 Å². The van der Waals surface area contributed by atoms with E-state index in [-0.39, 0.29) is 11.6 Å². The molecule has 1 aromatic heterocycles. The molecule has 1 N–H and O–H groups in total. The average Bonchev–Trinajstić information content (AvgIpc) is 3.22. The fourth-order valence-corrected chi connectivity index (χ4v) is 4.07. The second-order valence-corrected chi connectivity index (χ2v) is 8.42. The summed E-state index contributed by atoms with van der Waals surface area (Å²) in [5, 5.41) is 0. The van der Waals surface area contributed by atoms with E-state index in [0.29, 0.717) is 24.4 Å². The van der Waals surface area contributed by atoms with E-state index in [9.17, 15) is 9.59 Å². The number of rotatable bonds is 4. The zero-order valence-corrected chi connectivity index (χ0v) is 17.2. The van der Waals surface area contributed by atoms with Crippen LogP contribution in [0.5, 0.6) is 0 Å². The molecule has 2 aromatic rings. The molecule has 0 spiro atoms. The number of hydrogen-bond donors (Lipinski definition) is 1. The zero-order chi connectivity index (χ0) is 20.8. The van der Waals surface area contributed by atoms with Crippen LogP contribution in [0.3, 0.4) is 0 Å². The van der Waals surface area contributed by atoms with Crippen molar-refractivity contribution < 1.29 is 19.1 Å². The molecule has 1 aliphatic heterocycles. The number of ketones is 2. The average molecular weight is 394 g/mol. The van der Waals surface area contributed by atoms with Crippen LogP contribution in [0.15, 0.2) is 35.9 Å². The Labute approximate surface area is 170 Å². The number of ether oxygens (including phenoxy) is 2. The molecular formula is C23H26N2O4. The van der Waals surface area contributed by atoms with Gasteiger partial charge in [-0.25, -0.2) is 4.98 Å². The van der Waals surface area contributed by atoms with Gasteiger partial charge in [0.15, 0.2) is 23.5 Å². The molecule has 0 bridgehead atoms. The van der Waals surface area contributed by atoms with E-state index < -0.39 is 23.9 Å². The van der Waals surface area contributed by atoms with Crippen LogP contribution in [-0.4, -0.2) is 33.4 Å². The van der Waals surface area contributed by atoms with Crippen LogP contribution in [-0.2, 0) is 20.7 Å². The molecule has 0 saturated carbocycles. The summed E-state index contributed by atoms with van der Waals surface area (Å²) in [6.45, 7) is 7.52. The number of allylic oxidation sites excluding steroid dienone is 1. The lowest BCUT2D eigenvalue weighted by atomic mass is 9.82. The number of fused-ring (bicyclic) bond motifs is 1. The smallest absolute Gasteiger partial charge is 0.193 e. The molecule has 1 aromatic carbocycles. The van der Waals surface area contributed by atoms with Crippen molar-refractivity contribution in [2.24, 2.45) is 5.92 Å². The highest BCUT2D eigenvalue weighted by molar-refractivity contribution is 6.12. The molecule has 2 heterocycles. The Hall–Kier alpha value is -2.57. The fourth-order valence-electron chi connectivity index (χ4n) is 4.07. The Balaban J connectivity index is 1.61. The van der Waals surface area contributed by atoms with Crippen molar-refractivity contribution in [2.75, 3.05) is 0 Å². The van der Waals surface area contributed by atoms with Gasteiger partial charge in [0.05, 0.1) is 5.92 Å². The maximum atomic E-state index is 13.4. The third kappa shape index (κ3) is 3.82. The van der Waals surface area contributed by atoms with Gasteiger partial charge in [0, 0.05) is 5.69 Å². The maximum Gasteiger partial charge on any atom is 0.193 e. The number of aryl methyl sites for hydroxylation is 1. The van der Waals surface area contributed by atoms with Crippen molar-refractivity contribution in [3.05, 3.63) is 58.7 Å². The molecule has 4 rings (SSSR count). The van der Waals surface area contributed by atoms with Crippen molar-refractivity contribution in [3.8, 4) is 0 Å². The topological polar surface area (TPSA) is 81.3 Å². The summed E-state index contributed by atoms with van der Waals surface area (Å²) < 4.78 is 12.0. The highest BCUT2D eigenvalue weighted by atomic mass is 16.8. The number of H-pyrrole nitrogens is 1.